The fourth-order valence-corrected chi connectivity index (χ4v) is 3.34. The zero-order chi connectivity index (χ0) is 15.6. The Bertz CT molecular complexity index is 659. The number of hydrogen-bond acceptors (Lipinski definition) is 2. The summed E-state index contributed by atoms with van der Waals surface area (Å²) in [4.78, 5) is -0.269. The molecule has 0 aliphatic carbocycles. The van der Waals surface area contributed by atoms with Gasteiger partial charge in [-0.05, 0) is 36.2 Å². The molecule has 2 aromatic carbocycles. The molecule has 0 saturated heterocycles. The molecular weight excluding hydrogens is 403 g/mol. The molecule has 0 aromatic heterocycles. The first-order chi connectivity index (χ1) is 9.97. The summed E-state index contributed by atoms with van der Waals surface area (Å²) in [5.41, 5.74) is 2.58. The molecular formula is C16H15Br2FO2. The van der Waals surface area contributed by atoms with Gasteiger partial charge < -0.3 is 9.47 Å². The molecule has 0 bridgehead atoms. The monoisotopic (exact) mass is 416 g/mol. The number of ether oxygens (including phenoxy) is 2. The van der Waals surface area contributed by atoms with Crippen molar-refractivity contribution in [2.75, 3.05) is 14.2 Å². The lowest BCUT2D eigenvalue weighted by Crippen LogP contribution is -2.01. The topological polar surface area (TPSA) is 18.5 Å². The van der Waals surface area contributed by atoms with E-state index in [0.717, 1.165) is 15.6 Å². The van der Waals surface area contributed by atoms with Gasteiger partial charge in [0.2, 0.25) is 0 Å². The molecule has 0 radical (unpaired) electrons. The maximum atomic E-state index is 14.3. The molecule has 0 fully saturated rings. The van der Waals surface area contributed by atoms with Crippen LogP contribution >= 0.6 is 31.9 Å². The van der Waals surface area contributed by atoms with E-state index in [1.807, 2.05) is 25.1 Å². The van der Waals surface area contributed by atoms with E-state index in [-0.39, 0.29) is 10.6 Å². The van der Waals surface area contributed by atoms with Gasteiger partial charge in [-0.2, -0.15) is 0 Å². The van der Waals surface area contributed by atoms with E-state index in [9.17, 15) is 4.39 Å². The zero-order valence-corrected chi connectivity index (χ0v) is 15.1. The van der Waals surface area contributed by atoms with Crippen LogP contribution in [0, 0.1) is 12.7 Å². The molecule has 21 heavy (non-hydrogen) atoms. The second-order valence-electron chi connectivity index (χ2n) is 4.59. The number of alkyl halides is 1. The molecule has 112 valence electrons. The van der Waals surface area contributed by atoms with Crippen LogP contribution in [0.4, 0.5) is 4.39 Å². The number of rotatable bonds is 4. The standard InChI is InChI=1S/C16H15Br2FO2/c1-9-4-5-10(17)6-11(9)16(18)12-7-14(20-2)15(21-3)8-13(12)19/h4-8,16H,1-3H3. The Morgan fingerprint density at radius 3 is 2.24 bits per heavy atom. The highest BCUT2D eigenvalue weighted by Crippen LogP contribution is 2.40. The van der Waals surface area contributed by atoms with E-state index in [0.29, 0.717) is 17.1 Å². The summed E-state index contributed by atoms with van der Waals surface area (Å²) in [6.07, 6.45) is 0. The normalized spacial score (nSPS) is 12.1. The molecule has 1 unspecified atom stereocenters. The molecule has 0 heterocycles. The van der Waals surface area contributed by atoms with Crippen LogP contribution in [0.5, 0.6) is 11.5 Å². The second-order valence-corrected chi connectivity index (χ2v) is 6.42. The summed E-state index contributed by atoms with van der Waals surface area (Å²) in [6.45, 7) is 1.99. The van der Waals surface area contributed by atoms with Gasteiger partial charge in [-0.1, -0.05) is 37.9 Å². The SMILES string of the molecule is COc1cc(F)c(C(Br)c2cc(Br)ccc2C)cc1OC. The van der Waals surface area contributed by atoms with Gasteiger partial charge in [-0.3, -0.25) is 0 Å². The molecule has 0 N–H and O–H groups in total. The van der Waals surface area contributed by atoms with Gasteiger partial charge in [-0.25, -0.2) is 4.39 Å². The van der Waals surface area contributed by atoms with Crippen LogP contribution < -0.4 is 9.47 Å². The highest BCUT2D eigenvalue weighted by molar-refractivity contribution is 9.10. The maximum absolute atomic E-state index is 14.3. The minimum atomic E-state index is -0.339. The van der Waals surface area contributed by atoms with Gasteiger partial charge in [0, 0.05) is 16.1 Å². The highest BCUT2D eigenvalue weighted by atomic mass is 79.9. The highest BCUT2D eigenvalue weighted by Gasteiger charge is 2.20. The third-order valence-corrected chi connectivity index (χ3v) is 4.77. The van der Waals surface area contributed by atoms with Crippen LogP contribution in [-0.4, -0.2) is 14.2 Å². The second kappa shape index (κ2) is 6.79. The molecule has 0 spiro atoms. The van der Waals surface area contributed by atoms with E-state index < -0.39 is 0 Å². The van der Waals surface area contributed by atoms with Crippen molar-refractivity contribution < 1.29 is 13.9 Å². The van der Waals surface area contributed by atoms with Crippen molar-refractivity contribution in [2.45, 2.75) is 11.8 Å². The predicted octanol–water partition coefficient (Wildman–Crippen LogP) is 5.40. The van der Waals surface area contributed by atoms with Gasteiger partial charge in [0.25, 0.3) is 0 Å². The first-order valence-corrected chi connectivity index (χ1v) is 8.00. The number of halogens is 3. The first-order valence-electron chi connectivity index (χ1n) is 6.29. The molecule has 1 atom stereocenters. The predicted molar refractivity (Wildman–Crippen MR) is 89.2 cm³/mol. The Kier molecular flexibility index (Phi) is 5.27. The lowest BCUT2D eigenvalue weighted by Gasteiger charge is -2.17. The molecule has 0 aliphatic heterocycles. The quantitative estimate of drug-likeness (QED) is 0.620. The Hall–Kier alpha value is -1.07. The van der Waals surface area contributed by atoms with E-state index in [1.165, 1.54) is 20.3 Å². The minimum Gasteiger partial charge on any atom is -0.493 e. The molecule has 0 saturated carbocycles. The Balaban J connectivity index is 2.52. The average molecular weight is 418 g/mol. The first kappa shape index (κ1) is 16.3. The smallest absolute Gasteiger partial charge is 0.163 e. The maximum Gasteiger partial charge on any atom is 0.163 e. The summed E-state index contributed by atoms with van der Waals surface area (Å²) in [7, 11) is 3.02. The van der Waals surface area contributed by atoms with Crippen molar-refractivity contribution in [2.24, 2.45) is 0 Å². The molecule has 2 nitrogen and oxygen atoms in total. The third kappa shape index (κ3) is 3.40. The van der Waals surface area contributed by atoms with Gasteiger partial charge in [0.15, 0.2) is 11.5 Å². The van der Waals surface area contributed by atoms with Gasteiger partial charge >= 0.3 is 0 Å². The van der Waals surface area contributed by atoms with Crippen molar-refractivity contribution in [3.05, 3.63) is 57.3 Å². The van der Waals surface area contributed by atoms with Crippen LogP contribution in [0.3, 0.4) is 0 Å². The zero-order valence-electron chi connectivity index (χ0n) is 11.9. The summed E-state index contributed by atoms with van der Waals surface area (Å²) < 4.78 is 25.7. The molecule has 2 aromatic rings. The van der Waals surface area contributed by atoms with E-state index in [1.54, 1.807) is 6.07 Å². The van der Waals surface area contributed by atoms with E-state index >= 15 is 0 Å². The number of benzene rings is 2. The number of aryl methyl sites for hydroxylation is 1. The molecule has 0 aliphatic rings. The summed E-state index contributed by atoms with van der Waals surface area (Å²) in [6, 6.07) is 8.93. The van der Waals surface area contributed by atoms with Crippen LogP contribution in [0.1, 0.15) is 21.5 Å². The van der Waals surface area contributed by atoms with Crippen LogP contribution in [0.15, 0.2) is 34.8 Å². The van der Waals surface area contributed by atoms with Crippen molar-refractivity contribution in [1.29, 1.82) is 0 Å². The Morgan fingerprint density at radius 2 is 1.62 bits per heavy atom. The van der Waals surface area contributed by atoms with Crippen molar-refractivity contribution in [1.82, 2.24) is 0 Å². The molecule has 5 heteroatoms. The fraction of sp³-hybridized carbons (Fsp3) is 0.250. The van der Waals surface area contributed by atoms with Gasteiger partial charge in [0.05, 0.1) is 19.0 Å². The summed E-state index contributed by atoms with van der Waals surface area (Å²) in [5.74, 6) is 0.546. The lowest BCUT2D eigenvalue weighted by atomic mass is 9.99. The largest absolute Gasteiger partial charge is 0.493 e. The Labute approximate surface area is 140 Å². The number of hydrogen-bond donors (Lipinski definition) is 0. The average Bonchev–Trinajstić information content (AvgIpc) is 2.48. The van der Waals surface area contributed by atoms with E-state index in [2.05, 4.69) is 31.9 Å². The van der Waals surface area contributed by atoms with Crippen molar-refractivity contribution in [3.8, 4) is 11.5 Å². The van der Waals surface area contributed by atoms with Crippen molar-refractivity contribution in [3.63, 3.8) is 0 Å². The summed E-state index contributed by atoms with van der Waals surface area (Å²) in [5, 5.41) is 0. The van der Waals surface area contributed by atoms with Crippen molar-refractivity contribution >= 4 is 31.9 Å². The van der Waals surface area contributed by atoms with E-state index in [4.69, 9.17) is 9.47 Å². The van der Waals surface area contributed by atoms with Gasteiger partial charge in [-0.15, -0.1) is 0 Å². The van der Waals surface area contributed by atoms with Crippen LogP contribution in [0.25, 0.3) is 0 Å². The minimum absolute atomic E-state index is 0.269. The Morgan fingerprint density at radius 1 is 1.00 bits per heavy atom. The number of methoxy groups -OCH3 is 2. The summed E-state index contributed by atoms with van der Waals surface area (Å²) >= 11 is 7.03. The van der Waals surface area contributed by atoms with Gasteiger partial charge in [0.1, 0.15) is 5.82 Å². The lowest BCUT2D eigenvalue weighted by molar-refractivity contribution is 0.351. The molecule has 0 amide bonds. The van der Waals surface area contributed by atoms with Crippen LogP contribution in [-0.2, 0) is 0 Å². The third-order valence-electron chi connectivity index (χ3n) is 3.29. The molecule has 2 rings (SSSR count). The fourth-order valence-electron chi connectivity index (χ4n) is 2.12. The van der Waals surface area contributed by atoms with Crippen LogP contribution in [0.2, 0.25) is 0 Å².